The fraction of sp³-hybridized carbons (Fsp3) is 0.619. The molecule has 1 aliphatic rings. The van der Waals surface area contributed by atoms with E-state index in [1.165, 1.54) is 0 Å². The highest BCUT2D eigenvalue weighted by Gasteiger charge is 2.37. The first kappa shape index (κ1) is 21.4. The van der Waals surface area contributed by atoms with Crippen LogP contribution in [0.5, 0.6) is 0 Å². The Kier molecular flexibility index (Phi) is 8.25. The van der Waals surface area contributed by atoms with E-state index in [9.17, 15) is 9.59 Å². The predicted molar refractivity (Wildman–Crippen MR) is 108 cm³/mol. The monoisotopic (exact) mass is 374 g/mol. The molecule has 1 fully saturated rings. The van der Waals surface area contributed by atoms with Crippen LogP contribution in [0.3, 0.4) is 0 Å². The first-order valence-electron chi connectivity index (χ1n) is 9.94. The van der Waals surface area contributed by atoms with Crippen LogP contribution in [-0.4, -0.2) is 55.5 Å². The van der Waals surface area contributed by atoms with E-state index < -0.39 is 5.54 Å². The standard InChI is InChI=1S/C21H34N4O2/c1-25(2)15-14-23-19(26)11-10-18(16-17-8-4-3-5-9-17)24-20(27)21(22)12-6-7-13-21/h3-5,8-9,18H,6-7,10-16,22H2,1-2H3,(H,23,26)(H,24,27). The van der Waals surface area contributed by atoms with Crippen LogP contribution in [0.4, 0.5) is 0 Å². The molecule has 1 aromatic carbocycles. The molecule has 1 unspecified atom stereocenters. The number of benzene rings is 1. The summed E-state index contributed by atoms with van der Waals surface area (Å²) < 4.78 is 0. The molecule has 0 heterocycles. The third-order valence-electron chi connectivity index (χ3n) is 5.21. The zero-order valence-corrected chi connectivity index (χ0v) is 16.7. The number of nitrogens with zero attached hydrogens (tertiary/aromatic N) is 1. The lowest BCUT2D eigenvalue weighted by Gasteiger charge is -2.27. The lowest BCUT2D eigenvalue weighted by atomic mass is 9.95. The summed E-state index contributed by atoms with van der Waals surface area (Å²) in [4.78, 5) is 26.9. The van der Waals surface area contributed by atoms with E-state index in [1.54, 1.807) is 0 Å². The summed E-state index contributed by atoms with van der Waals surface area (Å²) in [6.45, 7) is 1.44. The number of hydrogen-bond donors (Lipinski definition) is 3. The van der Waals surface area contributed by atoms with Crippen LogP contribution in [0.1, 0.15) is 44.1 Å². The van der Waals surface area contributed by atoms with Gasteiger partial charge in [0.05, 0.1) is 5.54 Å². The molecule has 0 radical (unpaired) electrons. The van der Waals surface area contributed by atoms with Gasteiger partial charge in [0.25, 0.3) is 0 Å². The number of carbonyl (C=O) groups excluding carboxylic acids is 2. The Labute approximate surface area is 162 Å². The lowest BCUT2D eigenvalue weighted by Crippen LogP contribution is -2.55. The number of hydrogen-bond acceptors (Lipinski definition) is 4. The Morgan fingerprint density at radius 3 is 2.48 bits per heavy atom. The van der Waals surface area contributed by atoms with Gasteiger partial charge in [-0.1, -0.05) is 43.2 Å². The summed E-state index contributed by atoms with van der Waals surface area (Å²) in [5, 5.41) is 6.06. The van der Waals surface area contributed by atoms with Crippen molar-refractivity contribution in [2.75, 3.05) is 27.2 Å². The van der Waals surface area contributed by atoms with Crippen LogP contribution in [0.25, 0.3) is 0 Å². The topological polar surface area (TPSA) is 87.5 Å². The molecule has 0 saturated heterocycles. The van der Waals surface area contributed by atoms with Crippen LogP contribution >= 0.6 is 0 Å². The maximum Gasteiger partial charge on any atom is 0.240 e. The fourth-order valence-electron chi connectivity index (χ4n) is 3.50. The van der Waals surface area contributed by atoms with E-state index in [4.69, 9.17) is 5.73 Å². The number of carbonyl (C=O) groups is 2. The first-order valence-corrected chi connectivity index (χ1v) is 9.94. The second-order valence-corrected chi connectivity index (χ2v) is 7.92. The van der Waals surface area contributed by atoms with Gasteiger partial charge in [0.15, 0.2) is 0 Å². The van der Waals surface area contributed by atoms with Gasteiger partial charge in [0.1, 0.15) is 0 Å². The van der Waals surface area contributed by atoms with Crippen LogP contribution in [0.2, 0.25) is 0 Å². The molecule has 1 aromatic rings. The molecule has 0 aromatic heterocycles. The van der Waals surface area contributed by atoms with Gasteiger partial charge in [0, 0.05) is 25.6 Å². The Morgan fingerprint density at radius 2 is 1.85 bits per heavy atom. The molecular formula is C21H34N4O2. The van der Waals surface area contributed by atoms with Gasteiger partial charge in [0.2, 0.25) is 11.8 Å². The van der Waals surface area contributed by atoms with Gasteiger partial charge in [-0.25, -0.2) is 0 Å². The molecular weight excluding hydrogens is 340 g/mol. The Hall–Kier alpha value is -1.92. The summed E-state index contributed by atoms with van der Waals surface area (Å²) in [7, 11) is 3.95. The van der Waals surface area contributed by atoms with Crippen molar-refractivity contribution < 1.29 is 9.59 Å². The van der Waals surface area contributed by atoms with Crippen molar-refractivity contribution in [2.24, 2.45) is 5.73 Å². The Balaban J connectivity index is 1.91. The van der Waals surface area contributed by atoms with Gasteiger partial charge >= 0.3 is 0 Å². The van der Waals surface area contributed by atoms with Crippen molar-refractivity contribution in [2.45, 2.75) is 56.5 Å². The maximum absolute atomic E-state index is 12.7. The van der Waals surface area contributed by atoms with Crippen molar-refractivity contribution in [1.29, 1.82) is 0 Å². The van der Waals surface area contributed by atoms with E-state index >= 15 is 0 Å². The molecule has 6 nitrogen and oxygen atoms in total. The van der Waals surface area contributed by atoms with E-state index in [0.29, 0.717) is 25.8 Å². The average molecular weight is 375 g/mol. The van der Waals surface area contributed by atoms with Crippen LogP contribution in [0, 0.1) is 0 Å². The molecule has 0 bridgehead atoms. The lowest BCUT2D eigenvalue weighted by molar-refractivity contribution is -0.127. The highest BCUT2D eigenvalue weighted by atomic mass is 16.2. The minimum Gasteiger partial charge on any atom is -0.355 e. The summed E-state index contributed by atoms with van der Waals surface area (Å²) in [6, 6.07) is 9.95. The molecule has 0 spiro atoms. The predicted octanol–water partition coefficient (Wildman–Crippen LogP) is 1.44. The first-order chi connectivity index (χ1) is 12.9. The van der Waals surface area contributed by atoms with Gasteiger partial charge < -0.3 is 21.3 Å². The average Bonchev–Trinajstić information content (AvgIpc) is 3.08. The van der Waals surface area contributed by atoms with Crippen molar-refractivity contribution in [3.05, 3.63) is 35.9 Å². The zero-order valence-electron chi connectivity index (χ0n) is 16.7. The van der Waals surface area contributed by atoms with Gasteiger partial charge in [-0.15, -0.1) is 0 Å². The molecule has 27 heavy (non-hydrogen) atoms. The molecule has 150 valence electrons. The van der Waals surface area contributed by atoms with Crippen molar-refractivity contribution in [3.8, 4) is 0 Å². The number of nitrogens with one attached hydrogen (secondary N) is 2. The van der Waals surface area contributed by atoms with Crippen LogP contribution in [-0.2, 0) is 16.0 Å². The van der Waals surface area contributed by atoms with Gasteiger partial charge in [-0.05, 0) is 45.3 Å². The van der Waals surface area contributed by atoms with Gasteiger partial charge in [-0.2, -0.15) is 0 Å². The quantitative estimate of drug-likeness (QED) is 0.578. The molecule has 1 saturated carbocycles. The summed E-state index contributed by atoms with van der Waals surface area (Å²) >= 11 is 0. The van der Waals surface area contributed by atoms with E-state index in [0.717, 1.165) is 37.8 Å². The maximum atomic E-state index is 12.7. The molecule has 4 N–H and O–H groups in total. The number of rotatable bonds is 10. The number of nitrogens with two attached hydrogens (primary N) is 1. The smallest absolute Gasteiger partial charge is 0.240 e. The molecule has 0 aliphatic heterocycles. The fourth-order valence-corrected chi connectivity index (χ4v) is 3.50. The molecule has 1 atom stereocenters. The molecule has 2 rings (SSSR count). The van der Waals surface area contributed by atoms with Crippen molar-refractivity contribution in [3.63, 3.8) is 0 Å². The molecule has 6 heteroatoms. The summed E-state index contributed by atoms with van der Waals surface area (Å²) in [5.74, 6) is -0.0542. The van der Waals surface area contributed by atoms with E-state index in [-0.39, 0.29) is 17.9 Å². The largest absolute Gasteiger partial charge is 0.355 e. The number of likely N-dealkylation sites (N-methyl/N-ethyl adjacent to an activating group) is 1. The van der Waals surface area contributed by atoms with Crippen LogP contribution in [0.15, 0.2) is 30.3 Å². The Bertz CT molecular complexity index is 597. The SMILES string of the molecule is CN(C)CCNC(=O)CCC(Cc1ccccc1)NC(=O)C1(N)CCCC1. The van der Waals surface area contributed by atoms with Crippen LogP contribution < -0.4 is 16.4 Å². The van der Waals surface area contributed by atoms with Crippen molar-refractivity contribution >= 4 is 11.8 Å². The second-order valence-electron chi connectivity index (χ2n) is 7.92. The number of amides is 2. The third kappa shape index (κ3) is 7.31. The van der Waals surface area contributed by atoms with E-state index in [1.807, 2.05) is 49.3 Å². The summed E-state index contributed by atoms with van der Waals surface area (Å²) in [5.41, 5.74) is 6.70. The highest BCUT2D eigenvalue weighted by molar-refractivity contribution is 5.86. The highest BCUT2D eigenvalue weighted by Crippen LogP contribution is 2.27. The molecule has 2 amide bonds. The van der Waals surface area contributed by atoms with E-state index in [2.05, 4.69) is 10.6 Å². The van der Waals surface area contributed by atoms with Crippen molar-refractivity contribution in [1.82, 2.24) is 15.5 Å². The second kappa shape index (κ2) is 10.4. The summed E-state index contributed by atoms with van der Waals surface area (Å²) in [6.07, 6.45) is 5.17. The minimum atomic E-state index is -0.747. The zero-order chi connectivity index (χ0) is 19.7. The molecule has 1 aliphatic carbocycles. The van der Waals surface area contributed by atoms with Gasteiger partial charge in [-0.3, -0.25) is 9.59 Å². The minimum absolute atomic E-state index is 0.0208. The normalized spacial score (nSPS) is 16.9. The Morgan fingerprint density at radius 1 is 1.19 bits per heavy atom. The third-order valence-corrected chi connectivity index (χ3v) is 5.21.